The first kappa shape index (κ1) is 18.6. The minimum Gasteiger partial charge on any atom is -0.493 e. The van der Waals surface area contributed by atoms with Gasteiger partial charge in [-0.15, -0.1) is 0 Å². The summed E-state index contributed by atoms with van der Waals surface area (Å²) in [4.78, 5) is 12.5. The Hall–Kier alpha value is -3.22. The molecule has 0 bridgehead atoms. The Morgan fingerprint density at radius 2 is 1.81 bits per heavy atom. The monoisotopic (exact) mass is 367 g/mol. The highest BCUT2D eigenvalue weighted by Crippen LogP contribution is 2.26. The lowest BCUT2D eigenvalue weighted by Crippen LogP contribution is -2.02. The highest BCUT2D eigenvalue weighted by atomic mass is 19.1. The number of nitrogens with one attached hydrogen (secondary N) is 2. The summed E-state index contributed by atoms with van der Waals surface area (Å²) in [7, 11) is 1.58. The Bertz CT molecular complexity index is 899. The lowest BCUT2D eigenvalue weighted by atomic mass is 10.0. The predicted octanol–water partition coefficient (Wildman–Crippen LogP) is 4.71. The van der Waals surface area contributed by atoms with Gasteiger partial charge in [0.05, 0.1) is 42.8 Å². The fraction of sp³-hybridized carbons (Fsp3) is 0.250. The summed E-state index contributed by atoms with van der Waals surface area (Å²) in [5.74, 6) is 1.09. The van der Waals surface area contributed by atoms with Crippen molar-refractivity contribution in [3.8, 4) is 5.75 Å². The summed E-state index contributed by atoms with van der Waals surface area (Å²) in [6, 6.07) is 6.97. The molecule has 3 rings (SSSR count). The molecular formula is C20H22FN5O. The van der Waals surface area contributed by atoms with Crippen LogP contribution in [0.15, 0.2) is 49.1 Å². The second-order valence-electron chi connectivity index (χ2n) is 6.53. The zero-order chi connectivity index (χ0) is 19.2. The molecule has 0 spiro atoms. The lowest BCUT2D eigenvalue weighted by molar-refractivity contribution is 0.415. The fourth-order valence-corrected chi connectivity index (χ4v) is 2.64. The molecule has 0 aliphatic heterocycles. The molecule has 27 heavy (non-hydrogen) atoms. The maximum absolute atomic E-state index is 14.3. The maximum atomic E-state index is 14.3. The van der Waals surface area contributed by atoms with Gasteiger partial charge in [-0.2, -0.15) is 0 Å². The molecule has 2 heterocycles. The largest absolute Gasteiger partial charge is 0.493 e. The molecule has 0 aliphatic rings. The number of rotatable bonds is 7. The van der Waals surface area contributed by atoms with Crippen molar-refractivity contribution in [3.05, 3.63) is 60.4 Å². The number of hydrogen-bond acceptors (Lipinski definition) is 6. The highest BCUT2D eigenvalue weighted by molar-refractivity contribution is 5.65. The maximum Gasteiger partial charge on any atom is 0.227 e. The zero-order valence-corrected chi connectivity index (χ0v) is 15.5. The molecule has 1 aromatic carbocycles. The number of ether oxygens (including phenoxy) is 1. The van der Waals surface area contributed by atoms with Gasteiger partial charge in [0.15, 0.2) is 5.75 Å². The van der Waals surface area contributed by atoms with Crippen LogP contribution in [0.3, 0.4) is 0 Å². The Morgan fingerprint density at radius 3 is 2.48 bits per heavy atom. The van der Waals surface area contributed by atoms with E-state index < -0.39 is 0 Å². The number of nitrogens with zero attached hydrogens (tertiary/aromatic N) is 3. The fourth-order valence-electron chi connectivity index (χ4n) is 2.64. The van der Waals surface area contributed by atoms with E-state index in [1.54, 1.807) is 50.1 Å². The molecule has 2 N–H and O–H groups in total. The average molecular weight is 367 g/mol. The number of benzene rings is 1. The van der Waals surface area contributed by atoms with Crippen molar-refractivity contribution >= 4 is 23.0 Å². The molecule has 0 saturated carbocycles. The van der Waals surface area contributed by atoms with Gasteiger partial charge in [0.25, 0.3) is 0 Å². The third-order valence-corrected chi connectivity index (χ3v) is 3.86. The van der Waals surface area contributed by atoms with Gasteiger partial charge in [0, 0.05) is 6.20 Å². The third kappa shape index (κ3) is 4.91. The predicted molar refractivity (Wildman–Crippen MR) is 104 cm³/mol. The summed E-state index contributed by atoms with van der Waals surface area (Å²) in [5, 5.41) is 6.07. The van der Waals surface area contributed by atoms with Gasteiger partial charge in [-0.25, -0.2) is 14.4 Å². The molecule has 0 amide bonds. The number of pyridine rings is 1. The van der Waals surface area contributed by atoms with Gasteiger partial charge in [-0.3, -0.25) is 4.98 Å². The van der Waals surface area contributed by atoms with Crippen molar-refractivity contribution in [2.45, 2.75) is 20.3 Å². The van der Waals surface area contributed by atoms with Crippen molar-refractivity contribution < 1.29 is 9.13 Å². The molecule has 0 unspecified atom stereocenters. The number of methoxy groups -OCH3 is 1. The van der Waals surface area contributed by atoms with Crippen molar-refractivity contribution in [2.75, 3.05) is 17.7 Å². The van der Waals surface area contributed by atoms with Crippen LogP contribution in [0, 0.1) is 11.7 Å². The quantitative estimate of drug-likeness (QED) is 0.630. The first-order valence-electron chi connectivity index (χ1n) is 8.67. The Labute approximate surface area is 157 Å². The van der Waals surface area contributed by atoms with Gasteiger partial charge in [-0.05, 0) is 36.1 Å². The van der Waals surface area contributed by atoms with E-state index in [1.165, 1.54) is 0 Å². The van der Waals surface area contributed by atoms with Crippen LogP contribution < -0.4 is 15.4 Å². The van der Waals surface area contributed by atoms with Crippen LogP contribution in [0.25, 0.3) is 0 Å². The number of aromatic nitrogens is 3. The van der Waals surface area contributed by atoms with E-state index in [4.69, 9.17) is 4.74 Å². The molecule has 0 fully saturated rings. The third-order valence-electron chi connectivity index (χ3n) is 3.86. The normalized spacial score (nSPS) is 10.7. The Kier molecular flexibility index (Phi) is 5.80. The summed E-state index contributed by atoms with van der Waals surface area (Å²) >= 11 is 0. The zero-order valence-electron chi connectivity index (χ0n) is 15.5. The number of anilines is 4. The SMILES string of the molecule is COc1cnccc1Nc1cnc(Nc2ccc(CC(C)C)cc2F)nc1. The molecule has 0 radical (unpaired) electrons. The standard InChI is InChI=1S/C20H22FN5O/c1-13(2)8-14-4-5-17(16(21)9-14)26-20-23-10-15(11-24-20)25-18-6-7-22-12-19(18)27-3/h4-7,9-13H,8H2,1-3H3,(H,22,25)(H,23,24,26). The molecule has 7 heteroatoms. The molecule has 3 aromatic rings. The smallest absolute Gasteiger partial charge is 0.227 e. The van der Waals surface area contributed by atoms with Gasteiger partial charge in [0.1, 0.15) is 5.82 Å². The van der Waals surface area contributed by atoms with Crippen LogP contribution in [0.5, 0.6) is 5.75 Å². The van der Waals surface area contributed by atoms with Crippen LogP contribution in [0.4, 0.5) is 27.4 Å². The van der Waals surface area contributed by atoms with E-state index in [2.05, 4.69) is 39.4 Å². The summed E-state index contributed by atoms with van der Waals surface area (Å²) in [6.07, 6.45) is 7.34. The number of hydrogen-bond donors (Lipinski definition) is 2. The van der Waals surface area contributed by atoms with Crippen molar-refractivity contribution in [1.29, 1.82) is 0 Å². The highest BCUT2D eigenvalue weighted by Gasteiger charge is 2.08. The van der Waals surface area contributed by atoms with Crippen LogP contribution in [-0.2, 0) is 6.42 Å². The van der Waals surface area contributed by atoms with Gasteiger partial charge in [0.2, 0.25) is 5.95 Å². The van der Waals surface area contributed by atoms with E-state index in [0.29, 0.717) is 29.0 Å². The molecule has 0 saturated heterocycles. The van der Waals surface area contributed by atoms with E-state index in [1.807, 2.05) is 6.07 Å². The first-order chi connectivity index (χ1) is 13.0. The Morgan fingerprint density at radius 1 is 1.04 bits per heavy atom. The van der Waals surface area contributed by atoms with Gasteiger partial charge >= 0.3 is 0 Å². The minimum absolute atomic E-state index is 0.317. The minimum atomic E-state index is -0.319. The molecule has 2 aromatic heterocycles. The molecule has 6 nitrogen and oxygen atoms in total. The molecule has 0 atom stereocenters. The van der Waals surface area contributed by atoms with Crippen molar-refractivity contribution in [2.24, 2.45) is 5.92 Å². The summed E-state index contributed by atoms with van der Waals surface area (Å²) in [5.41, 5.74) is 2.75. The summed E-state index contributed by atoms with van der Waals surface area (Å²) in [6.45, 7) is 4.21. The Balaban J connectivity index is 1.69. The second-order valence-corrected chi connectivity index (χ2v) is 6.53. The van der Waals surface area contributed by atoms with E-state index in [0.717, 1.165) is 17.7 Å². The van der Waals surface area contributed by atoms with Gasteiger partial charge in [-0.1, -0.05) is 19.9 Å². The lowest BCUT2D eigenvalue weighted by Gasteiger charge is -2.11. The van der Waals surface area contributed by atoms with Gasteiger partial charge < -0.3 is 15.4 Å². The van der Waals surface area contributed by atoms with Crippen LogP contribution in [0.1, 0.15) is 19.4 Å². The first-order valence-corrected chi connectivity index (χ1v) is 8.67. The molecule has 0 aliphatic carbocycles. The van der Waals surface area contributed by atoms with Crippen molar-refractivity contribution in [3.63, 3.8) is 0 Å². The average Bonchev–Trinajstić information content (AvgIpc) is 2.65. The number of halogens is 1. The molecule has 140 valence electrons. The second kappa shape index (κ2) is 8.44. The van der Waals surface area contributed by atoms with Crippen molar-refractivity contribution in [1.82, 2.24) is 15.0 Å². The molecular weight excluding hydrogens is 345 g/mol. The van der Waals surface area contributed by atoms with Crippen LogP contribution >= 0.6 is 0 Å². The summed E-state index contributed by atoms with van der Waals surface area (Å²) < 4.78 is 19.5. The van der Waals surface area contributed by atoms with E-state index in [9.17, 15) is 4.39 Å². The van der Waals surface area contributed by atoms with Crippen LogP contribution in [-0.4, -0.2) is 22.1 Å². The van der Waals surface area contributed by atoms with Crippen LogP contribution in [0.2, 0.25) is 0 Å². The van der Waals surface area contributed by atoms with E-state index >= 15 is 0 Å². The topological polar surface area (TPSA) is 72.0 Å². The van der Waals surface area contributed by atoms with E-state index in [-0.39, 0.29) is 5.82 Å².